The number of methoxy groups -OCH3 is 1. The van der Waals surface area contributed by atoms with Crippen molar-refractivity contribution < 1.29 is 13.2 Å². The van der Waals surface area contributed by atoms with E-state index in [0.717, 1.165) is 24.1 Å². The molecule has 7 nitrogen and oxygen atoms in total. The lowest BCUT2D eigenvalue weighted by atomic mass is 10.2. The Hall–Kier alpha value is -0.960. The van der Waals surface area contributed by atoms with Crippen LogP contribution in [0.4, 0.5) is 0 Å². The van der Waals surface area contributed by atoms with Gasteiger partial charge in [-0.2, -0.15) is 22.1 Å². The molecule has 0 spiro atoms. The van der Waals surface area contributed by atoms with Crippen LogP contribution in [0, 0.1) is 6.92 Å². The van der Waals surface area contributed by atoms with Crippen molar-refractivity contribution in [3.05, 3.63) is 17.5 Å². The van der Waals surface area contributed by atoms with Crippen LogP contribution in [0.15, 0.2) is 6.20 Å². The summed E-state index contributed by atoms with van der Waals surface area (Å²) in [4.78, 5) is 0. The van der Waals surface area contributed by atoms with Gasteiger partial charge in [0.2, 0.25) is 0 Å². The minimum absolute atomic E-state index is 0.0579. The molecular formula is C13H24N4O3S. The summed E-state index contributed by atoms with van der Waals surface area (Å²) in [5.41, 5.74) is 1.90. The van der Waals surface area contributed by atoms with Crippen LogP contribution in [0.25, 0.3) is 0 Å². The van der Waals surface area contributed by atoms with E-state index in [1.165, 1.54) is 4.31 Å². The number of rotatable bonds is 6. The maximum Gasteiger partial charge on any atom is 0.282 e. The van der Waals surface area contributed by atoms with E-state index >= 15 is 0 Å². The van der Waals surface area contributed by atoms with Crippen LogP contribution in [0.2, 0.25) is 0 Å². The summed E-state index contributed by atoms with van der Waals surface area (Å²) in [6, 6.07) is -0.0579. The monoisotopic (exact) mass is 316 g/mol. The van der Waals surface area contributed by atoms with Crippen LogP contribution in [-0.2, 0) is 28.5 Å². The SMILES string of the molecule is COCC1CCCN1S(=O)(=O)N(C)Cc1cnn(C)c1C. The van der Waals surface area contributed by atoms with Crippen molar-refractivity contribution in [3.63, 3.8) is 0 Å². The van der Waals surface area contributed by atoms with E-state index in [2.05, 4.69) is 5.10 Å². The molecule has 1 saturated heterocycles. The van der Waals surface area contributed by atoms with Crippen molar-refractivity contribution in [2.45, 2.75) is 32.4 Å². The Balaban J connectivity index is 2.13. The summed E-state index contributed by atoms with van der Waals surface area (Å²) in [5, 5.41) is 4.15. The second kappa shape index (κ2) is 6.43. The van der Waals surface area contributed by atoms with Gasteiger partial charge in [-0.25, -0.2) is 0 Å². The van der Waals surface area contributed by atoms with Crippen molar-refractivity contribution in [2.24, 2.45) is 7.05 Å². The summed E-state index contributed by atoms with van der Waals surface area (Å²) in [6.45, 7) is 3.27. The topological polar surface area (TPSA) is 67.7 Å². The van der Waals surface area contributed by atoms with Gasteiger partial charge in [0.05, 0.1) is 12.8 Å². The Bertz CT molecular complexity index is 584. The molecule has 1 aliphatic heterocycles. The van der Waals surface area contributed by atoms with Crippen LogP contribution in [0.5, 0.6) is 0 Å². The Kier molecular flexibility index (Phi) is 5.03. The first-order valence-electron chi connectivity index (χ1n) is 7.07. The van der Waals surface area contributed by atoms with Gasteiger partial charge in [0.25, 0.3) is 10.2 Å². The molecule has 1 fully saturated rings. The molecule has 0 N–H and O–H groups in total. The molecule has 2 heterocycles. The lowest BCUT2D eigenvalue weighted by Crippen LogP contribution is -2.45. The fourth-order valence-electron chi connectivity index (χ4n) is 2.67. The molecule has 0 saturated carbocycles. The standard InChI is InChI=1S/C13H24N4O3S/c1-11-12(8-14-16(11)3)9-15(2)21(18,19)17-7-5-6-13(17)10-20-4/h8,13H,5-7,9-10H2,1-4H3. The second-order valence-corrected chi connectivity index (χ2v) is 7.49. The van der Waals surface area contributed by atoms with Gasteiger partial charge in [-0.05, 0) is 19.8 Å². The minimum atomic E-state index is -3.47. The average molecular weight is 316 g/mol. The predicted molar refractivity (Wildman–Crippen MR) is 79.9 cm³/mol. The van der Waals surface area contributed by atoms with Gasteiger partial charge in [0.1, 0.15) is 0 Å². The molecule has 1 aromatic rings. The Labute approximate surface area is 126 Å². The summed E-state index contributed by atoms with van der Waals surface area (Å²) < 4.78 is 35.3. The van der Waals surface area contributed by atoms with Crippen molar-refractivity contribution in [2.75, 3.05) is 27.3 Å². The van der Waals surface area contributed by atoms with E-state index in [1.54, 1.807) is 29.3 Å². The smallest absolute Gasteiger partial charge is 0.282 e. The van der Waals surface area contributed by atoms with Gasteiger partial charge in [-0.3, -0.25) is 4.68 Å². The van der Waals surface area contributed by atoms with Crippen molar-refractivity contribution in [3.8, 4) is 0 Å². The van der Waals surface area contributed by atoms with E-state index < -0.39 is 10.2 Å². The molecule has 0 radical (unpaired) electrons. The number of aryl methyl sites for hydroxylation is 1. The summed E-state index contributed by atoms with van der Waals surface area (Å²) in [7, 11) is 1.60. The number of nitrogens with zero attached hydrogens (tertiary/aromatic N) is 4. The molecule has 1 aliphatic rings. The van der Waals surface area contributed by atoms with Crippen LogP contribution >= 0.6 is 0 Å². The Morgan fingerprint density at radius 1 is 1.52 bits per heavy atom. The highest BCUT2D eigenvalue weighted by Gasteiger charge is 2.36. The van der Waals surface area contributed by atoms with E-state index in [4.69, 9.17) is 4.74 Å². The molecule has 120 valence electrons. The zero-order chi connectivity index (χ0) is 15.6. The van der Waals surface area contributed by atoms with Gasteiger partial charge in [-0.1, -0.05) is 0 Å². The van der Waals surface area contributed by atoms with Crippen LogP contribution < -0.4 is 0 Å². The molecule has 21 heavy (non-hydrogen) atoms. The molecule has 1 atom stereocenters. The fraction of sp³-hybridized carbons (Fsp3) is 0.769. The maximum absolute atomic E-state index is 12.7. The molecule has 0 aliphatic carbocycles. The lowest BCUT2D eigenvalue weighted by molar-refractivity contribution is 0.146. The van der Waals surface area contributed by atoms with Crippen LogP contribution in [0.1, 0.15) is 24.1 Å². The van der Waals surface area contributed by atoms with E-state index in [9.17, 15) is 8.42 Å². The largest absolute Gasteiger partial charge is 0.383 e. The predicted octanol–water partition coefficient (Wildman–Crippen LogP) is 0.516. The molecule has 0 bridgehead atoms. The quantitative estimate of drug-likeness (QED) is 0.767. The first-order chi connectivity index (χ1) is 9.87. The summed E-state index contributed by atoms with van der Waals surface area (Å²) in [6.07, 6.45) is 3.46. The number of aromatic nitrogens is 2. The third-order valence-electron chi connectivity index (χ3n) is 4.10. The highest BCUT2D eigenvalue weighted by Crippen LogP contribution is 2.24. The third kappa shape index (κ3) is 3.28. The normalized spacial score (nSPS) is 20.5. The molecule has 1 aromatic heterocycles. The summed E-state index contributed by atoms with van der Waals surface area (Å²) >= 11 is 0. The van der Waals surface area contributed by atoms with Gasteiger partial charge >= 0.3 is 0 Å². The van der Waals surface area contributed by atoms with Crippen LogP contribution in [0.3, 0.4) is 0 Å². The minimum Gasteiger partial charge on any atom is -0.383 e. The number of hydrogen-bond donors (Lipinski definition) is 0. The molecule has 0 amide bonds. The molecule has 0 aromatic carbocycles. The van der Waals surface area contributed by atoms with Crippen molar-refractivity contribution in [1.82, 2.24) is 18.4 Å². The highest BCUT2D eigenvalue weighted by atomic mass is 32.2. The van der Waals surface area contributed by atoms with Gasteiger partial charge in [0, 0.05) is 51.6 Å². The highest BCUT2D eigenvalue weighted by molar-refractivity contribution is 7.86. The van der Waals surface area contributed by atoms with Gasteiger partial charge in [0.15, 0.2) is 0 Å². The number of ether oxygens (including phenoxy) is 1. The fourth-order valence-corrected chi connectivity index (χ4v) is 4.23. The van der Waals surface area contributed by atoms with E-state index in [1.807, 2.05) is 14.0 Å². The van der Waals surface area contributed by atoms with Gasteiger partial charge < -0.3 is 4.74 Å². The first-order valence-corrected chi connectivity index (χ1v) is 8.47. The Morgan fingerprint density at radius 3 is 2.81 bits per heavy atom. The summed E-state index contributed by atoms with van der Waals surface area (Å²) in [5.74, 6) is 0. The zero-order valence-corrected chi connectivity index (χ0v) is 13.9. The second-order valence-electron chi connectivity index (χ2n) is 5.50. The lowest BCUT2D eigenvalue weighted by Gasteiger charge is -2.28. The average Bonchev–Trinajstić information content (AvgIpc) is 3.01. The molecule has 1 unspecified atom stereocenters. The van der Waals surface area contributed by atoms with Crippen molar-refractivity contribution in [1.29, 1.82) is 0 Å². The first kappa shape index (κ1) is 16.4. The zero-order valence-electron chi connectivity index (χ0n) is 13.1. The molecular weight excluding hydrogens is 292 g/mol. The Morgan fingerprint density at radius 2 is 2.24 bits per heavy atom. The van der Waals surface area contributed by atoms with Crippen LogP contribution in [-0.4, -0.2) is 60.2 Å². The maximum atomic E-state index is 12.7. The van der Waals surface area contributed by atoms with E-state index in [-0.39, 0.29) is 6.04 Å². The van der Waals surface area contributed by atoms with Crippen molar-refractivity contribution >= 4 is 10.2 Å². The van der Waals surface area contributed by atoms with Gasteiger partial charge in [-0.15, -0.1) is 0 Å². The molecule has 2 rings (SSSR count). The molecule has 8 heteroatoms. The number of hydrogen-bond acceptors (Lipinski definition) is 4. The van der Waals surface area contributed by atoms with E-state index in [0.29, 0.717) is 19.7 Å². The third-order valence-corrected chi connectivity index (χ3v) is 6.09.